The van der Waals surface area contributed by atoms with E-state index in [9.17, 15) is 4.79 Å². The molecule has 0 aliphatic rings. The van der Waals surface area contributed by atoms with Crippen LogP contribution in [0.15, 0.2) is 66.9 Å². The highest BCUT2D eigenvalue weighted by Crippen LogP contribution is 2.16. The summed E-state index contributed by atoms with van der Waals surface area (Å²) >= 11 is 0. The first-order valence-corrected chi connectivity index (χ1v) is 8.63. The molecule has 4 heteroatoms. The molecule has 1 heterocycles. The van der Waals surface area contributed by atoms with Crippen LogP contribution in [0, 0.1) is 0 Å². The summed E-state index contributed by atoms with van der Waals surface area (Å²) in [7, 11) is 0. The quantitative estimate of drug-likeness (QED) is 0.741. The SMILES string of the molecule is CCc1c(C(=O)NC(C)c2ccccc2)cnn1Cc1ccccc1. The van der Waals surface area contributed by atoms with Crippen molar-refractivity contribution >= 4 is 5.91 Å². The van der Waals surface area contributed by atoms with Crippen LogP contribution < -0.4 is 5.32 Å². The maximum Gasteiger partial charge on any atom is 0.255 e. The number of nitrogens with zero attached hydrogens (tertiary/aromatic N) is 2. The number of amides is 1. The molecular formula is C21H23N3O. The highest BCUT2D eigenvalue weighted by atomic mass is 16.1. The van der Waals surface area contributed by atoms with Gasteiger partial charge in [0.25, 0.3) is 5.91 Å². The van der Waals surface area contributed by atoms with Crippen molar-refractivity contribution in [1.29, 1.82) is 0 Å². The van der Waals surface area contributed by atoms with Crippen molar-refractivity contribution in [2.24, 2.45) is 0 Å². The van der Waals surface area contributed by atoms with Crippen molar-refractivity contribution in [3.63, 3.8) is 0 Å². The van der Waals surface area contributed by atoms with Crippen LogP contribution >= 0.6 is 0 Å². The lowest BCUT2D eigenvalue weighted by atomic mass is 10.1. The molecule has 2 aromatic carbocycles. The monoisotopic (exact) mass is 333 g/mol. The van der Waals surface area contributed by atoms with Crippen molar-refractivity contribution in [3.05, 3.63) is 89.2 Å². The van der Waals surface area contributed by atoms with Crippen LogP contribution in [-0.4, -0.2) is 15.7 Å². The second kappa shape index (κ2) is 7.79. The Morgan fingerprint density at radius 1 is 1.08 bits per heavy atom. The molecule has 0 radical (unpaired) electrons. The number of hydrogen-bond acceptors (Lipinski definition) is 2. The largest absolute Gasteiger partial charge is 0.345 e. The predicted octanol–water partition coefficient (Wildman–Crippen LogP) is 3.98. The van der Waals surface area contributed by atoms with Gasteiger partial charge >= 0.3 is 0 Å². The van der Waals surface area contributed by atoms with Gasteiger partial charge < -0.3 is 5.32 Å². The van der Waals surface area contributed by atoms with Gasteiger partial charge in [0.05, 0.1) is 30.0 Å². The molecule has 128 valence electrons. The number of rotatable bonds is 6. The van der Waals surface area contributed by atoms with Gasteiger partial charge in [-0.15, -0.1) is 0 Å². The molecule has 1 aromatic heterocycles. The zero-order valence-electron chi connectivity index (χ0n) is 14.6. The van der Waals surface area contributed by atoms with E-state index in [1.54, 1.807) is 6.20 Å². The molecule has 1 unspecified atom stereocenters. The second-order valence-electron chi connectivity index (χ2n) is 6.11. The van der Waals surface area contributed by atoms with E-state index in [0.717, 1.165) is 17.7 Å². The lowest BCUT2D eigenvalue weighted by molar-refractivity contribution is 0.0939. The Hall–Kier alpha value is -2.88. The molecule has 0 aliphatic heterocycles. The minimum Gasteiger partial charge on any atom is -0.345 e. The van der Waals surface area contributed by atoms with E-state index in [2.05, 4.69) is 29.5 Å². The zero-order chi connectivity index (χ0) is 17.6. The first-order chi connectivity index (χ1) is 12.2. The lowest BCUT2D eigenvalue weighted by Crippen LogP contribution is -2.27. The summed E-state index contributed by atoms with van der Waals surface area (Å²) in [6.45, 7) is 4.72. The molecule has 0 spiro atoms. The summed E-state index contributed by atoms with van der Waals surface area (Å²) in [6, 6.07) is 20.1. The van der Waals surface area contributed by atoms with E-state index in [0.29, 0.717) is 12.1 Å². The van der Waals surface area contributed by atoms with E-state index in [-0.39, 0.29) is 11.9 Å². The van der Waals surface area contributed by atoms with Crippen LogP contribution in [0.3, 0.4) is 0 Å². The number of hydrogen-bond donors (Lipinski definition) is 1. The van der Waals surface area contributed by atoms with E-state index in [4.69, 9.17) is 0 Å². The van der Waals surface area contributed by atoms with Crippen LogP contribution in [-0.2, 0) is 13.0 Å². The molecule has 4 nitrogen and oxygen atoms in total. The smallest absolute Gasteiger partial charge is 0.255 e. The summed E-state index contributed by atoms with van der Waals surface area (Å²) in [6.07, 6.45) is 2.43. The first-order valence-electron chi connectivity index (χ1n) is 8.63. The molecule has 1 atom stereocenters. The summed E-state index contributed by atoms with van der Waals surface area (Å²) < 4.78 is 1.91. The Bertz CT molecular complexity index is 825. The summed E-state index contributed by atoms with van der Waals surface area (Å²) in [5.74, 6) is -0.0764. The van der Waals surface area contributed by atoms with Crippen molar-refractivity contribution < 1.29 is 4.79 Å². The van der Waals surface area contributed by atoms with Gasteiger partial charge in [-0.1, -0.05) is 67.6 Å². The third kappa shape index (κ3) is 3.97. The minimum absolute atomic E-state index is 0.0455. The fraction of sp³-hybridized carbons (Fsp3) is 0.238. The van der Waals surface area contributed by atoms with Crippen LogP contribution in [0.4, 0.5) is 0 Å². The fourth-order valence-corrected chi connectivity index (χ4v) is 2.97. The van der Waals surface area contributed by atoms with E-state index in [1.807, 2.05) is 60.1 Å². The van der Waals surface area contributed by atoms with Gasteiger partial charge in [-0.25, -0.2) is 0 Å². The molecular weight excluding hydrogens is 310 g/mol. The van der Waals surface area contributed by atoms with Gasteiger partial charge in [-0.2, -0.15) is 5.10 Å². The first kappa shape index (κ1) is 17.0. The number of aromatic nitrogens is 2. The Morgan fingerprint density at radius 2 is 1.72 bits per heavy atom. The number of carbonyl (C=O) groups excluding carboxylic acids is 1. The van der Waals surface area contributed by atoms with Gasteiger partial charge in [-0.3, -0.25) is 9.48 Å². The molecule has 0 saturated carbocycles. The van der Waals surface area contributed by atoms with Crippen molar-refractivity contribution in [2.75, 3.05) is 0 Å². The summed E-state index contributed by atoms with van der Waals surface area (Å²) in [4.78, 5) is 12.7. The van der Waals surface area contributed by atoms with Gasteiger partial charge in [0.1, 0.15) is 0 Å². The lowest BCUT2D eigenvalue weighted by Gasteiger charge is -2.14. The van der Waals surface area contributed by atoms with Crippen molar-refractivity contribution in [3.8, 4) is 0 Å². The third-order valence-electron chi connectivity index (χ3n) is 4.35. The highest BCUT2D eigenvalue weighted by molar-refractivity contribution is 5.95. The third-order valence-corrected chi connectivity index (χ3v) is 4.35. The van der Waals surface area contributed by atoms with Crippen molar-refractivity contribution in [1.82, 2.24) is 15.1 Å². The van der Waals surface area contributed by atoms with Crippen molar-refractivity contribution in [2.45, 2.75) is 32.9 Å². The number of benzene rings is 2. The zero-order valence-corrected chi connectivity index (χ0v) is 14.6. The highest BCUT2D eigenvalue weighted by Gasteiger charge is 2.18. The standard InChI is InChI=1S/C21H23N3O/c1-3-20-19(14-22-24(20)15-17-10-6-4-7-11-17)21(25)23-16(2)18-12-8-5-9-13-18/h4-14,16H,3,15H2,1-2H3,(H,23,25). The minimum atomic E-state index is -0.0764. The number of carbonyl (C=O) groups is 1. The normalized spacial score (nSPS) is 11.9. The average Bonchev–Trinajstić information content (AvgIpc) is 3.06. The van der Waals surface area contributed by atoms with Gasteiger partial charge in [0.2, 0.25) is 0 Å². The average molecular weight is 333 g/mol. The molecule has 25 heavy (non-hydrogen) atoms. The molecule has 3 aromatic rings. The molecule has 0 aliphatic carbocycles. The van der Waals surface area contributed by atoms with Crippen LogP contribution in [0.25, 0.3) is 0 Å². The molecule has 0 bridgehead atoms. The molecule has 3 rings (SSSR count). The molecule has 1 amide bonds. The van der Waals surface area contributed by atoms with E-state index >= 15 is 0 Å². The van der Waals surface area contributed by atoms with Gasteiger partial charge in [-0.05, 0) is 24.5 Å². The number of nitrogens with one attached hydrogen (secondary N) is 1. The molecule has 0 saturated heterocycles. The summed E-state index contributed by atoms with van der Waals surface area (Å²) in [5, 5.41) is 7.51. The van der Waals surface area contributed by atoms with Crippen LogP contribution in [0.5, 0.6) is 0 Å². The maximum atomic E-state index is 12.7. The molecule has 1 N–H and O–H groups in total. The summed E-state index contributed by atoms with van der Waals surface area (Å²) in [5.41, 5.74) is 3.87. The maximum absolute atomic E-state index is 12.7. The van der Waals surface area contributed by atoms with Crippen LogP contribution in [0.2, 0.25) is 0 Å². The predicted molar refractivity (Wildman–Crippen MR) is 99.5 cm³/mol. The second-order valence-corrected chi connectivity index (χ2v) is 6.11. The van der Waals surface area contributed by atoms with E-state index < -0.39 is 0 Å². The Balaban J connectivity index is 1.77. The van der Waals surface area contributed by atoms with Gasteiger partial charge in [0, 0.05) is 0 Å². The van der Waals surface area contributed by atoms with E-state index in [1.165, 1.54) is 5.56 Å². The van der Waals surface area contributed by atoms with Gasteiger partial charge in [0.15, 0.2) is 0 Å². The fourth-order valence-electron chi connectivity index (χ4n) is 2.97. The molecule has 0 fully saturated rings. The Labute approximate surface area is 148 Å². The Morgan fingerprint density at radius 3 is 2.36 bits per heavy atom. The topological polar surface area (TPSA) is 46.9 Å². The van der Waals surface area contributed by atoms with Crippen LogP contribution in [0.1, 0.15) is 47.1 Å². The Kier molecular flexibility index (Phi) is 5.29.